The van der Waals surface area contributed by atoms with Crippen molar-refractivity contribution in [3.8, 4) is 11.3 Å². The fraction of sp³-hybridized carbons (Fsp3) is 0.158. The number of nitrogens with one attached hydrogen (secondary N) is 3. The van der Waals surface area contributed by atoms with E-state index in [1.807, 2.05) is 30.3 Å². The highest BCUT2D eigenvalue weighted by Gasteiger charge is 2.08. The molecule has 3 aromatic rings. The molecule has 1 aromatic heterocycles. The zero-order valence-electron chi connectivity index (χ0n) is 13.6. The van der Waals surface area contributed by atoms with Gasteiger partial charge in [-0.1, -0.05) is 48.5 Å². The molecule has 0 bridgehead atoms. The van der Waals surface area contributed by atoms with E-state index in [1.54, 1.807) is 24.4 Å². The molecule has 0 saturated carbocycles. The summed E-state index contributed by atoms with van der Waals surface area (Å²) in [6.45, 7) is 0.829. The van der Waals surface area contributed by atoms with Crippen molar-refractivity contribution in [2.75, 3.05) is 6.54 Å². The largest absolute Gasteiger partial charge is 0.351 e. The second-order valence-electron chi connectivity index (χ2n) is 5.61. The molecule has 3 N–H and O–H groups in total. The average molecular weight is 338 g/mol. The van der Waals surface area contributed by atoms with Gasteiger partial charge in [-0.05, 0) is 11.6 Å². The maximum atomic E-state index is 13.5. The second kappa shape index (κ2) is 8.21. The molecule has 0 fully saturated rings. The summed E-state index contributed by atoms with van der Waals surface area (Å²) in [5, 5.41) is 12.8. The van der Waals surface area contributed by atoms with E-state index < -0.39 is 0 Å². The molecular weight excluding hydrogens is 319 g/mol. The van der Waals surface area contributed by atoms with Gasteiger partial charge in [0, 0.05) is 24.2 Å². The van der Waals surface area contributed by atoms with Crippen LogP contribution in [-0.2, 0) is 17.9 Å². The van der Waals surface area contributed by atoms with Gasteiger partial charge in [-0.3, -0.25) is 9.89 Å². The van der Waals surface area contributed by atoms with Crippen molar-refractivity contribution in [1.29, 1.82) is 0 Å². The minimum absolute atomic E-state index is 0.147. The van der Waals surface area contributed by atoms with Gasteiger partial charge >= 0.3 is 0 Å². The predicted octanol–water partition coefficient (Wildman–Crippen LogP) is 2.62. The van der Waals surface area contributed by atoms with Crippen molar-refractivity contribution in [2.45, 2.75) is 13.1 Å². The van der Waals surface area contributed by atoms with Crippen LogP contribution >= 0.6 is 0 Å². The van der Waals surface area contributed by atoms with Gasteiger partial charge in [-0.2, -0.15) is 5.10 Å². The normalized spacial score (nSPS) is 10.6. The molecule has 25 heavy (non-hydrogen) atoms. The Kier molecular flexibility index (Phi) is 5.53. The Balaban J connectivity index is 1.48. The molecule has 1 heterocycles. The fourth-order valence-electron chi connectivity index (χ4n) is 2.51. The van der Waals surface area contributed by atoms with Gasteiger partial charge in [0.05, 0.1) is 18.4 Å². The lowest BCUT2D eigenvalue weighted by atomic mass is 10.1. The maximum Gasteiger partial charge on any atom is 0.234 e. The first-order valence-electron chi connectivity index (χ1n) is 8.02. The second-order valence-corrected chi connectivity index (χ2v) is 5.61. The van der Waals surface area contributed by atoms with E-state index in [2.05, 4.69) is 20.8 Å². The van der Waals surface area contributed by atoms with Gasteiger partial charge in [0.25, 0.3) is 0 Å². The number of carbonyl (C=O) groups is 1. The summed E-state index contributed by atoms with van der Waals surface area (Å²) < 4.78 is 13.5. The van der Waals surface area contributed by atoms with Crippen LogP contribution in [0.15, 0.2) is 60.8 Å². The quantitative estimate of drug-likeness (QED) is 0.620. The minimum Gasteiger partial charge on any atom is -0.351 e. The summed E-state index contributed by atoms with van der Waals surface area (Å²) in [7, 11) is 0. The smallest absolute Gasteiger partial charge is 0.234 e. The van der Waals surface area contributed by atoms with Crippen LogP contribution in [0.5, 0.6) is 0 Å². The Morgan fingerprint density at radius 3 is 2.56 bits per heavy atom. The Bertz CT molecular complexity index is 832. The standard InChI is InChI=1S/C19H19FN4O/c20-17-9-5-4-8-15(17)11-22-18(25)13-21-10-16-12-23-24-19(16)14-6-2-1-3-7-14/h1-9,12,21H,10-11,13H2,(H,22,25)(H,23,24). The molecular formula is C19H19FN4O. The number of aromatic amines is 1. The maximum absolute atomic E-state index is 13.5. The van der Waals surface area contributed by atoms with Crippen molar-refractivity contribution in [1.82, 2.24) is 20.8 Å². The van der Waals surface area contributed by atoms with Crippen molar-refractivity contribution < 1.29 is 9.18 Å². The third-order valence-corrected chi connectivity index (χ3v) is 3.82. The number of H-pyrrole nitrogens is 1. The van der Waals surface area contributed by atoms with Crippen molar-refractivity contribution >= 4 is 5.91 Å². The summed E-state index contributed by atoms with van der Waals surface area (Å²) in [6, 6.07) is 16.3. The summed E-state index contributed by atoms with van der Waals surface area (Å²) in [5.41, 5.74) is 3.42. The van der Waals surface area contributed by atoms with E-state index in [0.29, 0.717) is 12.1 Å². The van der Waals surface area contributed by atoms with Crippen LogP contribution in [-0.4, -0.2) is 22.6 Å². The van der Waals surface area contributed by atoms with Crippen LogP contribution in [0.1, 0.15) is 11.1 Å². The number of benzene rings is 2. The van der Waals surface area contributed by atoms with Crippen LogP contribution in [0, 0.1) is 5.82 Å². The number of rotatable bonds is 7. The molecule has 0 aliphatic carbocycles. The van der Waals surface area contributed by atoms with Crippen LogP contribution in [0.3, 0.4) is 0 Å². The average Bonchev–Trinajstić information content (AvgIpc) is 3.10. The molecule has 6 heteroatoms. The van der Waals surface area contributed by atoms with Crippen molar-refractivity contribution in [3.05, 3.63) is 77.7 Å². The number of hydrogen-bond acceptors (Lipinski definition) is 3. The van der Waals surface area contributed by atoms with Gasteiger partial charge in [0.15, 0.2) is 0 Å². The number of nitrogens with zero attached hydrogens (tertiary/aromatic N) is 1. The van der Waals surface area contributed by atoms with Crippen molar-refractivity contribution in [3.63, 3.8) is 0 Å². The number of carbonyl (C=O) groups excluding carboxylic acids is 1. The number of hydrogen-bond donors (Lipinski definition) is 3. The third-order valence-electron chi connectivity index (χ3n) is 3.82. The van der Waals surface area contributed by atoms with Crippen LogP contribution in [0.25, 0.3) is 11.3 Å². The monoisotopic (exact) mass is 338 g/mol. The molecule has 0 aliphatic rings. The molecule has 0 aliphatic heterocycles. The molecule has 128 valence electrons. The summed E-state index contributed by atoms with van der Waals surface area (Å²) in [5.74, 6) is -0.505. The van der Waals surface area contributed by atoms with Crippen molar-refractivity contribution in [2.24, 2.45) is 0 Å². The van der Waals surface area contributed by atoms with E-state index >= 15 is 0 Å². The van der Waals surface area contributed by atoms with Crippen LogP contribution in [0.4, 0.5) is 4.39 Å². The lowest BCUT2D eigenvalue weighted by molar-refractivity contribution is -0.120. The Morgan fingerprint density at radius 1 is 1.00 bits per heavy atom. The van der Waals surface area contributed by atoms with Gasteiger partial charge < -0.3 is 10.6 Å². The molecule has 5 nitrogen and oxygen atoms in total. The highest BCUT2D eigenvalue weighted by molar-refractivity contribution is 5.78. The third kappa shape index (κ3) is 4.51. The number of amides is 1. The minimum atomic E-state index is -0.318. The summed E-state index contributed by atoms with van der Waals surface area (Å²) in [4.78, 5) is 11.9. The lowest BCUT2D eigenvalue weighted by Crippen LogP contribution is -2.33. The van der Waals surface area contributed by atoms with Gasteiger partial charge in [0.2, 0.25) is 5.91 Å². The summed E-state index contributed by atoms with van der Waals surface area (Å²) >= 11 is 0. The first-order chi connectivity index (χ1) is 12.2. The Labute approximate surface area is 145 Å². The molecule has 0 atom stereocenters. The topological polar surface area (TPSA) is 69.8 Å². The molecule has 1 amide bonds. The first kappa shape index (κ1) is 16.9. The summed E-state index contributed by atoms with van der Waals surface area (Å²) in [6.07, 6.45) is 1.74. The van der Waals surface area contributed by atoms with E-state index in [9.17, 15) is 9.18 Å². The SMILES string of the molecule is O=C(CNCc1cn[nH]c1-c1ccccc1)NCc1ccccc1F. The first-order valence-corrected chi connectivity index (χ1v) is 8.02. The van der Waals surface area contributed by atoms with E-state index in [1.165, 1.54) is 6.07 Å². The Hall–Kier alpha value is -2.99. The molecule has 0 radical (unpaired) electrons. The number of aromatic nitrogens is 2. The van der Waals surface area contributed by atoms with E-state index in [4.69, 9.17) is 0 Å². The lowest BCUT2D eigenvalue weighted by Gasteiger charge is -2.08. The molecule has 2 aromatic carbocycles. The molecule has 0 unspecified atom stereocenters. The molecule has 0 spiro atoms. The zero-order chi connectivity index (χ0) is 17.5. The fourth-order valence-corrected chi connectivity index (χ4v) is 2.51. The van der Waals surface area contributed by atoms with Crippen LogP contribution in [0.2, 0.25) is 0 Å². The van der Waals surface area contributed by atoms with Gasteiger partial charge in [-0.15, -0.1) is 0 Å². The molecule has 0 saturated heterocycles. The van der Waals surface area contributed by atoms with Gasteiger partial charge in [-0.25, -0.2) is 4.39 Å². The van der Waals surface area contributed by atoms with Gasteiger partial charge in [0.1, 0.15) is 5.82 Å². The number of halogens is 1. The molecule has 3 rings (SSSR count). The highest BCUT2D eigenvalue weighted by atomic mass is 19.1. The highest BCUT2D eigenvalue weighted by Crippen LogP contribution is 2.20. The van der Waals surface area contributed by atoms with Crippen LogP contribution < -0.4 is 10.6 Å². The predicted molar refractivity (Wildman–Crippen MR) is 94.0 cm³/mol. The Morgan fingerprint density at radius 2 is 1.76 bits per heavy atom. The zero-order valence-corrected chi connectivity index (χ0v) is 13.6. The van der Waals surface area contributed by atoms with E-state index in [-0.39, 0.29) is 24.8 Å². The van der Waals surface area contributed by atoms with E-state index in [0.717, 1.165) is 16.8 Å².